The van der Waals surface area contributed by atoms with Crippen LogP contribution in [-0.2, 0) is 14.0 Å². The van der Waals surface area contributed by atoms with E-state index in [1.165, 1.54) is 11.1 Å². The number of hydrogen-bond acceptors (Lipinski definition) is 8. The van der Waals surface area contributed by atoms with Gasteiger partial charge in [-0.1, -0.05) is 6.58 Å². The number of ether oxygens (including phenoxy) is 2. The van der Waals surface area contributed by atoms with Gasteiger partial charge >= 0.3 is 12.3 Å². The number of rotatable bonds is 14. The molecule has 258 valence electrons. The van der Waals surface area contributed by atoms with E-state index >= 15 is 0 Å². The largest absolute Gasteiger partial charge is 0.444 e. The second-order valence-corrected chi connectivity index (χ2v) is 16.1. The van der Waals surface area contributed by atoms with Crippen LogP contribution in [0.25, 0.3) is 0 Å². The first-order chi connectivity index (χ1) is 20.9. The number of aliphatic imine (C=N–C) groups is 1. The molecule has 0 bridgehead atoms. The van der Waals surface area contributed by atoms with Gasteiger partial charge in [0.05, 0.1) is 19.3 Å². The number of aliphatic hydroxyl groups excluding tert-OH is 1. The molecule has 0 saturated heterocycles. The Balaban J connectivity index is 1.87. The number of amides is 1. The third kappa shape index (κ3) is 15.1. The highest BCUT2D eigenvalue weighted by Gasteiger charge is 2.34. The third-order valence-corrected chi connectivity index (χ3v) is 9.17. The van der Waals surface area contributed by atoms with Gasteiger partial charge in [0.25, 0.3) is 0 Å². The lowest BCUT2D eigenvalue weighted by atomic mass is 9.89. The number of halogens is 3. The quantitative estimate of drug-likeness (QED) is 0.0796. The van der Waals surface area contributed by atoms with E-state index in [1.807, 2.05) is 20.8 Å². The van der Waals surface area contributed by atoms with Crippen molar-refractivity contribution in [1.82, 2.24) is 26.2 Å². The predicted octanol–water partition coefficient (Wildman–Crippen LogP) is 4.33. The van der Waals surface area contributed by atoms with Crippen molar-refractivity contribution in [3.8, 4) is 0 Å². The molecule has 45 heavy (non-hydrogen) atoms. The van der Waals surface area contributed by atoms with Crippen LogP contribution < -0.4 is 21.3 Å². The summed E-state index contributed by atoms with van der Waals surface area (Å²) in [7, 11) is -0.968. The Kier molecular flexibility index (Phi) is 14.9. The van der Waals surface area contributed by atoms with Crippen LogP contribution in [0.5, 0.6) is 0 Å². The summed E-state index contributed by atoms with van der Waals surface area (Å²) in [5, 5.41) is 24.3. The number of nitrogens with one attached hydrogen (secondary N) is 4. The summed E-state index contributed by atoms with van der Waals surface area (Å²) in [5.74, 6) is -0.133. The Morgan fingerprint density at radius 1 is 1.18 bits per heavy atom. The second kappa shape index (κ2) is 17.4. The minimum atomic E-state index is -4.50. The number of alkyl halides is 3. The van der Waals surface area contributed by atoms with Crippen molar-refractivity contribution in [2.45, 2.75) is 82.8 Å². The van der Waals surface area contributed by atoms with Crippen LogP contribution in [0.3, 0.4) is 0 Å². The van der Waals surface area contributed by atoms with E-state index in [2.05, 4.69) is 32.8 Å². The normalized spacial score (nSPS) is 23.3. The summed E-state index contributed by atoms with van der Waals surface area (Å²) in [5.41, 5.74) is 0.140. The molecule has 5 N–H and O–H groups in total. The molecule has 0 aromatic heterocycles. The zero-order chi connectivity index (χ0) is 33.8. The number of carbonyl (C=O) groups is 1. The van der Waals surface area contributed by atoms with Crippen molar-refractivity contribution in [1.29, 1.82) is 0 Å². The maximum Gasteiger partial charge on any atom is 0.411 e. The highest BCUT2D eigenvalue weighted by atomic mass is 31.2. The average molecular weight is 665 g/mol. The molecule has 2 aliphatic carbocycles. The highest BCUT2D eigenvalue weighted by Crippen LogP contribution is 2.53. The molecule has 0 aliphatic heterocycles. The number of allylic oxidation sites excluding steroid dienone is 2. The summed E-state index contributed by atoms with van der Waals surface area (Å²) in [6.07, 6.45) is -0.370. The van der Waals surface area contributed by atoms with Gasteiger partial charge in [0.2, 0.25) is 0 Å². The van der Waals surface area contributed by atoms with Gasteiger partial charge in [0.1, 0.15) is 12.7 Å². The van der Waals surface area contributed by atoms with Crippen LogP contribution in [0.2, 0.25) is 0 Å². The lowest BCUT2D eigenvalue weighted by Crippen LogP contribution is -2.46. The lowest BCUT2D eigenvalue weighted by molar-refractivity contribution is -0.0799. The number of guanidine groups is 1. The summed E-state index contributed by atoms with van der Waals surface area (Å²) < 4.78 is 62.2. The van der Waals surface area contributed by atoms with Crippen LogP contribution >= 0.6 is 7.14 Å². The zero-order valence-electron chi connectivity index (χ0n) is 27.4. The first kappa shape index (κ1) is 38.6. The smallest absolute Gasteiger partial charge is 0.411 e. The molecule has 1 amide bonds. The molecule has 1 unspecified atom stereocenters. The number of nitrogens with zero attached hydrogens (tertiary/aromatic N) is 2. The van der Waals surface area contributed by atoms with Crippen molar-refractivity contribution < 1.29 is 37.1 Å². The fourth-order valence-corrected chi connectivity index (χ4v) is 6.62. The topological polar surface area (TPSA) is 137 Å². The van der Waals surface area contributed by atoms with Crippen molar-refractivity contribution in [3.05, 3.63) is 36.1 Å². The van der Waals surface area contributed by atoms with Crippen molar-refractivity contribution in [2.75, 3.05) is 53.2 Å². The second-order valence-electron chi connectivity index (χ2n) is 12.9. The molecule has 1 fully saturated rings. The first-order valence-corrected chi connectivity index (χ1v) is 17.9. The van der Waals surface area contributed by atoms with Crippen LogP contribution in [-0.4, -0.2) is 105 Å². The molecule has 2 aliphatic rings. The molecule has 0 aromatic rings. The van der Waals surface area contributed by atoms with Gasteiger partial charge < -0.3 is 45.3 Å². The fourth-order valence-electron chi connectivity index (χ4n) is 5.14. The fraction of sp³-hybridized carbons (Fsp3) is 0.733. The summed E-state index contributed by atoms with van der Waals surface area (Å²) >= 11 is 0. The van der Waals surface area contributed by atoms with Crippen molar-refractivity contribution in [3.63, 3.8) is 0 Å². The number of carbonyl (C=O) groups excluding carboxylic acids is 1. The highest BCUT2D eigenvalue weighted by molar-refractivity contribution is 7.66. The monoisotopic (exact) mass is 664 g/mol. The molecule has 11 nitrogen and oxygen atoms in total. The van der Waals surface area contributed by atoms with Gasteiger partial charge in [-0.3, -0.25) is 0 Å². The molecule has 4 atom stereocenters. The number of likely N-dealkylation sites (N-methyl/N-ethyl adjacent to an activating group) is 1. The van der Waals surface area contributed by atoms with Crippen molar-refractivity contribution >= 4 is 19.2 Å². The van der Waals surface area contributed by atoms with Gasteiger partial charge in [-0.05, 0) is 66.0 Å². The molecule has 2 rings (SSSR count). The lowest BCUT2D eigenvalue weighted by Gasteiger charge is -2.33. The Hall–Kier alpha value is -2.54. The minimum Gasteiger partial charge on any atom is -0.444 e. The summed E-state index contributed by atoms with van der Waals surface area (Å²) in [4.78, 5) is 17.5. The molecule has 0 heterocycles. The Morgan fingerprint density at radius 2 is 1.87 bits per heavy atom. The maximum atomic E-state index is 12.9. The predicted molar refractivity (Wildman–Crippen MR) is 171 cm³/mol. The maximum absolute atomic E-state index is 12.9. The van der Waals surface area contributed by atoms with Crippen LogP contribution in [0.1, 0.15) is 52.9 Å². The van der Waals surface area contributed by atoms with Crippen LogP contribution in [0.4, 0.5) is 18.0 Å². The Labute approximate surface area is 265 Å². The molecule has 15 heteroatoms. The summed E-state index contributed by atoms with van der Waals surface area (Å²) in [6.45, 7) is 14.5. The first-order valence-electron chi connectivity index (χ1n) is 15.3. The van der Waals surface area contributed by atoms with E-state index in [0.29, 0.717) is 44.6 Å². The van der Waals surface area contributed by atoms with Gasteiger partial charge in [-0.2, -0.15) is 13.2 Å². The van der Waals surface area contributed by atoms with Gasteiger partial charge in [-0.25, -0.2) is 9.79 Å². The third-order valence-electron chi connectivity index (χ3n) is 7.42. The van der Waals surface area contributed by atoms with E-state index in [4.69, 9.17) is 9.47 Å². The van der Waals surface area contributed by atoms with E-state index in [0.717, 1.165) is 24.6 Å². The minimum absolute atomic E-state index is 0.0296. The van der Waals surface area contributed by atoms with Crippen LogP contribution in [0.15, 0.2) is 41.1 Å². The SMILES string of the molecule is C=CNC1=C(P(C)(C)=O)C[C@H](CN/C(=N\C=C\C(F)(F)F)N[C@H]2CC[C@H](NCCOCCN(C)C(=O)OC(C)(C)C)C2)C(O)C1. The number of aliphatic hydroxyl groups is 1. The van der Waals surface area contributed by atoms with E-state index in [-0.39, 0.29) is 43.0 Å². The van der Waals surface area contributed by atoms with Gasteiger partial charge in [0.15, 0.2) is 5.96 Å². The number of hydrogen-bond donors (Lipinski definition) is 5. The zero-order valence-corrected chi connectivity index (χ0v) is 28.3. The standard InChI is InChI=1S/C30H52F3N6O5P/c1-8-34-24-19-25(40)21(17-26(24)45(6,7)42)20-37-27(36-12-11-30(31,32)33)38-23-10-9-22(18-23)35-13-15-43-16-14-39(5)28(41)44-29(2,3)4/h8,11-12,21-23,25,34-35,40H,1,9-10,13-20H2,2-7H3,(H2,36,37,38)/b12-11+/t21-,22+,23+,25?/m1/s1. The molecular weight excluding hydrogens is 612 g/mol. The van der Waals surface area contributed by atoms with E-state index < -0.39 is 31.1 Å². The Morgan fingerprint density at radius 3 is 2.49 bits per heavy atom. The molecule has 0 aromatic carbocycles. The van der Waals surface area contributed by atoms with E-state index in [9.17, 15) is 27.6 Å². The average Bonchev–Trinajstić information content (AvgIpc) is 3.34. The molecule has 1 saturated carbocycles. The molecule has 0 spiro atoms. The Bertz CT molecular complexity index is 1120. The molecular formula is C30H52F3N6O5P. The van der Waals surface area contributed by atoms with Gasteiger partial charge in [0, 0.05) is 74.4 Å². The molecule has 0 radical (unpaired) electrons. The van der Waals surface area contributed by atoms with E-state index in [1.54, 1.807) is 20.4 Å². The van der Waals surface area contributed by atoms with Crippen LogP contribution in [0, 0.1) is 5.92 Å². The van der Waals surface area contributed by atoms with Gasteiger partial charge in [-0.15, -0.1) is 0 Å². The summed E-state index contributed by atoms with van der Waals surface area (Å²) in [6, 6.07) is 0.160. The van der Waals surface area contributed by atoms with Crippen molar-refractivity contribution in [2.24, 2.45) is 10.9 Å².